The first-order valence-electron chi connectivity index (χ1n) is 6.89. The topological polar surface area (TPSA) is 41.6 Å². The number of carbonyl (C=O) groups excluding carboxylic acids is 1. The smallest absolute Gasteiger partial charge is 0.409 e. The van der Waals surface area contributed by atoms with Gasteiger partial charge in [0.2, 0.25) is 0 Å². The summed E-state index contributed by atoms with van der Waals surface area (Å²) in [5.74, 6) is 0. The highest BCUT2D eigenvalue weighted by Gasteiger charge is 2.41. The Bertz CT molecular complexity index is 287. The van der Waals surface area contributed by atoms with Gasteiger partial charge in [0.1, 0.15) is 0 Å². The summed E-state index contributed by atoms with van der Waals surface area (Å²) in [5, 5.41) is 3.67. The first-order valence-corrected chi connectivity index (χ1v) is 8.12. The molecule has 1 saturated carbocycles. The molecule has 5 heteroatoms. The van der Waals surface area contributed by atoms with Crippen molar-refractivity contribution in [2.75, 3.05) is 32.5 Å². The maximum atomic E-state index is 11.6. The van der Waals surface area contributed by atoms with Crippen LogP contribution in [0.4, 0.5) is 4.79 Å². The van der Waals surface area contributed by atoms with E-state index in [9.17, 15) is 4.79 Å². The fourth-order valence-electron chi connectivity index (χ4n) is 2.40. The van der Waals surface area contributed by atoms with Crippen LogP contribution in [-0.4, -0.2) is 54.3 Å². The second kappa shape index (κ2) is 6.15. The van der Waals surface area contributed by atoms with Crippen molar-refractivity contribution in [2.24, 2.45) is 0 Å². The first kappa shape index (κ1) is 14.0. The standard InChI is InChI=1S/C13H24N2O2S/c1-3-17-12(16)15-8-4-11(5-9-15)14-10-13(18-2)6-7-13/h11,14H,3-10H2,1-2H3. The predicted octanol–water partition coefficient (Wildman–Crippen LogP) is 2.09. The molecule has 4 nitrogen and oxygen atoms in total. The number of hydrogen-bond donors (Lipinski definition) is 1. The van der Waals surface area contributed by atoms with Crippen molar-refractivity contribution in [1.82, 2.24) is 10.2 Å². The van der Waals surface area contributed by atoms with E-state index in [2.05, 4.69) is 11.6 Å². The molecule has 2 fully saturated rings. The van der Waals surface area contributed by atoms with Gasteiger partial charge in [-0.3, -0.25) is 0 Å². The van der Waals surface area contributed by atoms with Crippen LogP contribution in [0.25, 0.3) is 0 Å². The van der Waals surface area contributed by atoms with Gasteiger partial charge in [-0.05, 0) is 38.9 Å². The fraction of sp³-hybridized carbons (Fsp3) is 0.923. The Hall–Kier alpha value is -0.420. The molecular formula is C13H24N2O2S. The van der Waals surface area contributed by atoms with Crippen molar-refractivity contribution >= 4 is 17.9 Å². The Morgan fingerprint density at radius 2 is 2.11 bits per heavy atom. The molecule has 1 amide bonds. The zero-order valence-corrected chi connectivity index (χ0v) is 12.2. The van der Waals surface area contributed by atoms with Gasteiger partial charge in [-0.2, -0.15) is 11.8 Å². The van der Waals surface area contributed by atoms with Crippen molar-refractivity contribution in [1.29, 1.82) is 0 Å². The number of rotatable bonds is 5. The SMILES string of the molecule is CCOC(=O)N1CCC(NCC2(SC)CC2)CC1. The molecule has 104 valence electrons. The number of likely N-dealkylation sites (tertiary alicyclic amines) is 1. The summed E-state index contributed by atoms with van der Waals surface area (Å²) in [6.07, 6.45) is 6.84. The van der Waals surface area contributed by atoms with Crippen molar-refractivity contribution in [3.8, 4) is 0 Å². The van der Waals surface area contributed by atoms with Gasteiger partial charge in [0.25, 0.3) is 0 Å². The first-order chi connectivity index (χ1) is 8.69. The van der Waals surface area contributed by atoms with Crippen molar-refractivity contribution in [3.05, 3.63) is 0 Å². The summed E-state index contributed by atoms with van der Waals surface area (Å²) in [5.41, 5.74) is 0. The third-order valence-electron chi connectivity index (χ3n) is 3.97. The molecule has 18 heavy (non-hydrogen) atoms. The van der Waals surface area contributed by atoms with Crippen LogP contribution in [0.5, 0.6) is 0 Å². The molecule has 1 saturated heterocycles. The maximum absolute atomic E-state index is 11.6. The van der Waals surface area contributed by atoms with Gasteiger partial charge in [0, 0.05) is 30.4 Å². The minimum atomic E-state index is -0.154. The number of piperidine rings is 1. The minimum absolute atomic E-state index is 0.154. The predicted molar refractivity (Wildman–Crippen MR) is 75.1 cm³/mol. The lowest BCUT2D eigenvalue weighted by atomic mass is 10.1. The van der Waals surface area contributed by atoms with Gasteiger partial charge in [0.15, 0.2) is 0 Å². The van der Waals surface area contributed by atoms with E-state index < -0.39 is 0 Å². The highest BCUT2D eigenvalue weighted by Crippen LogP contribution is 2.46. The van der Waals surface area contributed by atoms with E-state index >= 15 is 0 Å². The molecule has 0 unspecified atom stereocenters. The van der Waals surface area contributed by atoms with Crippen LogP contribution in [0.1, 0.15) is 32.6 Å². The molecule has 1 aliphatic heterocycles. The lowest BCUT2D eigenvalue weighted by Gasteiger charge is -2.32. The number of thioether (sulfide) groups is 1. The highest BCUT2D eigenvalue weighted by molar-refractivity contribution is 8.00. The molecule has 2 aliphatic rings. The highest BCUT2D eigenvalue weighted by atomic mass is 32.2. The van der Waals surface area contributed by atoms with Crippen molar-refractivity contribution in [3.63, 3.8) is 0 Å². The number of carbonyl (C=O) groups is 1. The largest absolute Gasteiger partial charge is 0.450 e. The lowest BCUT2D eigenvalue weighted by molar-refractivity contribution is 0.0951. The second-order valence-electron chi connectivity index (χ2n) is 5.23. The van der Waals surface area contributed by atoms with E-state index in [0.717, 1.165) is 32.5 Å². The Morgan fingerprint density at radius 1 is 1.44 bits per heavy atom. The summed E-state index contributed by atoms with van der Waals surface area (Å²) < 4.78 is 5.55. The van der Waals surface area contributed by atoms with E-state index in [-0.39, 0.29) is 6.09 Å². The molecule has 0 aromatic heterocycles. The minimum Gasteiger partial charge on any atom is -0.450 e. The van der Waals surface area contributed by atoms with Gasteiger partial charge < -0.3 is 15.0 Å². The van der Waals surface area contributed by atoms with Gasteiger partial charge in [0.05, 0.1) is 6.61 Å². The van der Waals surface area contributed by atoms with Crippen LogP contribution >= 0.6 is 11.8 Å². The third-order valence-corrected chi connectivity index (χ3v) is 5.39. The molecule has 0 radical (unpaired) electrons. The molecule has 1 heterocycles. The van der Waals surface area contributed by atoms with Gasteiger partial charge in [-0.1, -0.05) is 0 Å². The number of amides is 1. The number of ether oxygens (including phenoxy) is 1. The number of nitrogens with zero attached hydrogens (tertiary/aromatic N) is 1. The molecule has 1 aliphatic carbocycles. The quantitative estimate of drug-likeness (QED) is 0.832. The maximum Gasteiger partial charge on any atom is 0.409 e. The summed E-state index contributed by atoms with van der Waals surface area (Å²) in [4.78, 5) is 13.4. The van der Waals surface area contributed by atoms with Gasteiger partial charge in [-0.25, -0.2) is 4.79 Å². The molecule has 0 aromatic rings. The molecule has 0 spiro atoms. The molecular weight excluding hydrogens is 248 g/mol. The lowest BCUT2D eigenvalue weighted by Crippen LogP contribution is -2.46. The van der Waals surface area contributed by atoms with Crippen molar-refractivity contribution < 1.29 is 9.53 Å². The van der Waals surface area contributed by atoms with Crippen LogP contribution in [0.15, 0.2) is 0 Å². The van der Waals surface area contributed by atoms with E-state index in [1.807, 2.05) is 23.6 Å². The molecule has 0 aromatic carbocycles. The Balaban J connectivity index is 1.65. The number of nitrogens with one attached hydrogen (secondary N) is 1. The fourth-order valence-corrected chi connectivity index (χ4v) is 3.14. The summed E-state index contributed by atoms with van der Waals surface area (Å²) in [6.45, 7) is 5.08. The van der Waals surface area contributed by atoms with Gasteiger partial charge >= 0.3 is 6.09 Å². The van der Waals surface area contributed by atoms with Crippen LogP contribution in [-0.2, 0) is 4.74 Å². The Morgan fingerprint density at radius 3 is 2.61 bits per heavy atom. The number of hydrogen-bond acceptors (Lipinski definition) is 4. The summed E-state index contributed by atoms with van der Waals surface area (Å²) in [6, 6.07) is 0.570. The van der Waals surface area contributed by atoms with E-state index in [1.165, 1.54) is 12.8 Å². The van der Waals surface area contributed by atoms with Crippen molar-refractivity contribution in [2.45, 2.75) is 43.4 Å². The zero-order valence-electron chi connectivity index (χ0n) is 11.4. The zero-order chi connectivity index (χ0) is 13.0. The van der Waals surface area contributed by atoms with Crippen LogP contribution in [0, 0.1) is 0 Å². The van der Waals surface area contributed by atoms with Gasteiger partial charge in [-0.15, -0.1) is 0 Å². The average molecular weight is 272 g/mol. The second-order valence-corrected chi connectivity index (χ2v) is 6.50. The summed E-state index contributed by atoms with van der Waals surface area (Å²) in [7, 11) is 0. The van der Waals surface area contributed by atoms with E-state index in [1.54, 1.807) is 0 Å². The third kappa shape index (κ3) is 3.54. The Kier molecular flexibility index (Phi) is 4.78. The van der Waals surface area contributed by atoms with Crippen LogP contribution < -0.4 is 5.32 Å². The normalized spacial score (nSPS) is 22.9. The average Bonchev–Trinajstić information content (AvgIpc) is 3.18. The monoisotopic (exact) mass is 272 g/mol. The molecule has 0 bridgehead atoms. The molecule has 1 N–H and O–H groups in total. The molecule has 2 rings (SSSR count). The summed E-state index contributed by atoms with van der Waals surface area (Å²) >= 11 is 1.99. The van der Waals surface area contributed by atoms with E-state index in [4.69, 9.17) is 4.74 Å². The van der Waals surface area contributed by atoms with Crippen LogP contribution in [0.2, 0.25) is 0 Å². The van der Waals surface area contributed by atoms with Crippen LogP contribution in [0.3, 0.4) is 0 Å². The Labute approximate surface area is 114 Å². The van der Waals surface area contributed by atoms with E-state index in [0.29, 0.717) is 17.4 Å². The molecule has 0 atom stereocenters.